The zero-order valence-corrected chi connectivity index (χ0v) is 26.4. The van der Waals surface area contributed by atoms with Crippen molar-refractivity contribution in [3.8, 4) is 0 Å². The molecule has 270 valence electrons. The average Bonchev–Trinajstić information content (AvgIpc) is 3.81. The Morgan fingerprint density at radius 3 is 1.56 bits per heavy atom. The van der Waals surface area contributed by atoms with Gasteiger partial charge in [-0.1, -0.05) is 18.2 Å². The Morgan fingerprint density at radius 1 is 0.792 bits per heavy atom. The molecule has 6 atom stereocenters. The normalized spacial score (nSPS) is 18.7. The number of aromatic amines is 1. The number of nitrogens with two attached hydrogens (primary N) is 4. The minimum atomic E-state index is -1.21. The molecule has 2 aliphatic rings. The van der Waals surface area contributed by atoms with E-state index in [4.69, 9.17) is 47.8 Å². The summed E-state index contributed by atoms with van der Waals surface area (Å²) < 4.78 is 0. The molecule has 1 amide bonds. The Balaban J connectivity index is 0.000000595. The molecule has 2 fully saturated rings. The fourth-order valence-corrected chi connectivity index (χ4v) is 3.93. The Labute approximate surface area is 275 Å². The van der Waals surface area contributed by atoms with E-state index in [-0.39, 0.29) is 18.5 Å². The molecule has 0 saturated carbocycles. The van der Waals surface area contributed by atoms with Crippen LogP contribution in [0.1, 0.15) is 44.6 Å². The number of benzene rings is 1. The minimum absolute atomic E-state index is 0.269. The Hall–Kier alpha value is -4.66. The van der Waals surface area contributed by atoms with Crippen LogP contribution in [0, 0.1) is 0 Å². The van der Waals surface area contributed by atoms with Gasteiger partial charge in [0.05, 0.1) is 12.5 Å². The van der Waals surface area contributed by atoms with Gasteiger partial charge in [0, 0.05) is 23.5 Å². The first-order chi connectivity index (χ1) is 22.4. The van der Waals surface area contributed by atoms with E-state index in [1.807, 2.05) is 30.5 Å². The number of H-pyrrole nitrogens is 1. The van der Waals surface area contributed by atoms with Crippen LogP contribution in [-0.4, -0.2) is 121 Å². The highest BCUT2D eigenvalue weighted by atomic mass is 16.4. The summed E-state index contributed by atoms with van der Waals surface area (Å²) in [7, 11) is 0. The number of carboxylic acids is 5. The lowest BCUT2D eigenvalue weighted by molar-refractivity contribution is -0.141. The Kier molecular flexibility index (Phi) is 20.6. The highest BCUT2D eigenvalue weighted by molar-refractivity contribution is 5.84. The van der Waals surface area contributed by atoms with Crippen molar-refractivity contribution < 1.29 is 59.4 Å². The summed E-state index contributed by atoms with van der Waals surface area (Å²) in [5.74, 6) is -5.51. The second-order valence-electron chi connectivity index (χ2n) is 10.7. The summed E-state index contributed by atoms with van der Waals surface area (Å²) >= 11 is 0. The third-order valence-corrected chi connectivity index (χ3v) is 6.69. The van der Waals surface area contributed by atoms with E-state index in [0.29, 0.717) is 6.42 Å². The topological polar surface area (TPSA) is 368 Å². The Morgan fingerprint density at radius 2 is 1.27 bits per heavy atom. The first-order valence-corrected chi connectivity index (χ1v) is 14.8. The largest absolute Gasteiger partial charge is 0.480 e. The van der Waals surface area contributed by atoms with Gasteiger partial charge in [-0.15, -0.1) is 0 Å². The second-order valence-corrected chi connectivity index (χ2v) is 10.7. The molecule has 1 aromatic carbocycles. The van der Waals surface area contributed by atoms with Crippen molar-refractivity contribution in [2.24, 2.45) is 22.9 Å². The number of fused-ring (bicyclic) bond motifs is 1. The van der Waals surface area contributed by atoms with E-state index < -0.39 is 60.0 Å². The summed E-state index contributed by atoms with van der Waals surface area (Å²) in [6.45, 7) is 3.05. The van der Waals surface area contributed by atoms with Gasteiger partial charge >= 0.3 is 29.8 Å². The van der Waals surface area contributed by atoms with Gasteiger partial charge in [0.15, 0.2) is 0 Å². The monoisotopic (exact) mass is 685 g/mol. The van der Waals surface area contributed by atoms with Crippen LogP contribution in [0.2, 0.25) is 0 Å². The second kappa shape index (κ2) is 22.8. The maximum absolute atomic E-state index is 10.6. The lowest BCUT2D eigenvalue weighted by atomic mass is 10.1. The summed E-state index contributed by atoms with van der Waals surface area (Å²) in [6.07, 6.45) is 4.44. The number of carbonyl (C=O) groups excluding carboxylic acids is 1. The molecule has 0 aliphatic carbocycles. The number of aliphatic hydroxyl groups excluding tert-OH is 1. The molecule has 2 saturated heterocycles. The number of carboxylic acid groups (broad SMARTS) is 5. The molecule has 4 unspecified atom stereocenters. The molecule has 0 spiro atoms. The maximum atomic E-state index is 10.6. The number of aliphatic hydroxyl groups is 1. The lowest BCUT2D eigenvalue weighted by Crippen LogP contribution is -2.39. The van der Waals surface area contributed by atoms with Crippen molar-refractivity contribution in [3.63, 3.8) is 0 Å². The number of nitrogens with one attached hydrogen (secondary N) is 3. The molecule has 1 aromatic heterocycles. The van der Waals surface area contributed by atoms with Gasteiger partial charge in [0.2, 0.25) is 5.91 Å². The first kappa shape index (κ1) is 43.3. The van der Waals surface area contributed by atoms with Crippen LogP contribution in [-0.2, 0) is 35.2 Å². The SMILES string of the molecule is CC(O)C(N)C(=O)O.NC(=O)CC(N)C(=O)O.NC(Cc1c[nH]c2ccccc12)C(=O)O.O=C(O)[C@@H]1CCCN1.O=C(O)[C@@H]1CCCN1. The summed E-state index contributed by atoms with van der Waals surface area (Å²) in [5, 5.41) is 56.8. The lowest BCUT2D eigenvalue weighted by Gasteiger charge is -2.06. The van der Waals surface area contributed by atoms with E-state index in [9.17, 15) is 28.8 Å². The van der Waals surface area contributed by atoms with Gasteiger partial charge in [0.1, 0.15) is 30.2 Å². The molecule has 19 heteroatoms. The standard InChI is InChI=1S/C11H12N2O2.2C5H9NO2.C4H8N2O3.C4H9NO3/c12-9(11(14)15)5-7-6-13-10-4-2-1-3-8(7)10;2*7-5(8)4-2-1-3-6-4;5-2(4(8)9)1-3(6)7;1-2(6)3(5)4(7)8/h1-4,6,9,13H,5,12H2,(H,14,15);2*4,6H,1-3H2,(H,7,8);2H,1,5H2,(H2,6,7)(H,8,9);2-3,6H,5H2,1H3,(H,7,8)/t;2*4-;;/m.00../s1. The average molecular weight is 686 g/mol. The number of rotatable bonds is 10. The van der Waals surface area contributed by atoms with E-state index in [1.165, 1.54) is 6.92 Å². The molecule has 2 aliphatic heterocycles. The molecule has 3 heterocycles. The summed E-state index contributed by atoms with van der Waals surface area (Å²) in [5.41, 5.74) is 21.9. The van der Waals surface area contributed by atoms with Crippen molar-refractivity contribution in [3.05, 3.63) is 36.0 Å². The van der Waals surface area contributed by atoms with Crippen LogP contribution in [0.5, 0.6) is 0 Å². The zero-order chi connectivity index (χ0) is 37.0. The third kappa shape index (κ3) is 17.9. The van der Waals surface area contributed by atoms with Gasteiger partial charge in [-0.25, -0.2) is 0 Å². The molecule has 19 nitrogen and oxygen atoms in total. The third-order valence-electron chi connectivity index (χ3n) is 6.69. The van der Waals surface area contributed by atoms with E-state index in [1.54, 1.807) is 0 Å². The number of hydrogen-bond donors (Lipinski definition) is 13. The number of aliphatic carboxylic acids is 5. The highest BCUT2D eigenvalue weighted by Gasteiger charge is 2.21. The van der Waals surface area contributed by atoms with Crippen LogP contribution in [0.4, 0.5) is 0 Å². The van der Waals surface area contributed by atoms with Crippen molar-refractivity contribution in [2.45, 2.75) is 81.8 Å². The molecular formula is C29H47N7O12. The molecule has 4 rings (SSSR count). The molecule has 48 heavy (non-hydrogen) atoms. The zero-order valence-electron chi connectivity index (χ0n) is 26.4. The molecule has 17 N–H and O–H groups in total. The van der Waals surface area contributed by atoms with Crippen molar-refractivity contribution in [1.82, 2.24) is 15.6 Å². The Bertz CT molecular complexity index is 1280. The van der Waals surface area contributed by atoms with Crippen LogP contribution in [0.3, 0.4) is 0 Å². The number of primary amides is 1. The van der Waals surface area contributed by atoms with Gasteiger partial charge in [-0.3, -0.25) is 28.8 Å². The molecular weight excluding hydrogens is 638 g/mol. The smallest absolute Gasteiger partial charge is 0.323 e. The first-order valence-electron chi connectivity index (χ1n) is 14.8. The molecule has 0 bridgehead atoms. The van der Waals surface area contributed by atoms with Crippen molar-refractivity contribution in [1.29, 1.82) is 0 Å². The van der Waals surface area contributed by atoms with Crippen molar-refractivity contribution in [2.75, 3.05) is 13.1 Å². The molecule has 2 aromatic rings. The summed E-state index contributed by atoms with van der Waals surface area (Å²) in [4.78, 5) is 63.7. The van der Waals surface area contributed by atoms with Gasteiger partial charge in [-0.2, -0.15) is 0 Å². The van der Waals surface area contributed by atoms with Crippen LogP contribution in [0.15, 0.2) is 30.5 Å². The summed E-state index contributed by atoms with van der Waals surface area (Å²) in [6, 6.07) is 4.05. The van der Waals surface area contributed by atoms with Crippen LogP contribution in [0.25, 0.3) is 10.9 Å². The van der Waals surface area contributed by atoms with Crippen molar-refractivity contribution >= 4 is 46.7 Å². The number of carbonyl (C=O) groups is 6. The number of aromatic nitrogens is 1. The van der Waals surface area contributed by atoms with Crippen LogP contribution >= 0.6 is 0 Å². The number of hydrogen-bond acceptors (Lipinski definition) is 12. The molecule has 0 radical (unpaired) electrons. The quantitative estimate of drug-likeness (QED) is 0.126. The predicted molar refractivity (Wildman–Crippen MR) is 172 cm³/mol. The number of para-hydroxylation sites is 1. The van der Waals surface area contributed by atoms with E-state index in [0.717, 1.165) is 55.2 Å². The van der Waals surface area contributed by atoms with Gasteiger partial charge < -0.3 is 69.2 Å². The number of amides is 1. The minimum Gasteiger partial charge on any atom is -0.480 e. The van der Waals surface area contributed by atoms with Crippen LogP contribution < -0.4 is 33.6 Å². The van der Waals surface area contributed by atoms with E-state index in [2.05, 4.69) is 21.4 Å². The fraction of sp³-hybridized carbons (Fsp3) is 0.517. The fourth-order valence-electron chi connectivity index (χ4n) is 3.93. The predicted octanol–water partition coefficient (Wildman–Crippen LogP) is -2.18. The van der Waals surface area contributed by atoms with Gasteiger partial charge in [0.25, 0.3) is 0 Å². The maximum Gasteiger partial charge on any atom is 0.323 e. The van der Waals surface area contributed by atoms with Gasteiger partial charge in [-0.05, 0) is 57.3 Å². The van der Waals surface area contributed by atoms with E-state index >= 15 is 0 Å². The highest BCUT2D eigenvalue weighted by Crippen LogP contribution is 2.18.